The topological polar surface area (TPSA) is 112 Å². The average molecular weight is 303 g/mol. The first-order chi connectivity index (χ1) is 10.8. The number of rotatable bonds is 9. The predicted molar refractivity (Wildman–Crippen MR) is 81.6 cm³/mol. The molecule has 2 rings (SSSR count). The molecule has 0 saturated heterocycles. The fourth-order valence-electron chi connectivity index (χ4n) is 1.98. The van der Waals surface area contributed by atoms with E-state index in [4.69, 9.17) is 5.73 Å². The monoisotopic (exact) mass is 303 g/mol. The third kappa shape index (κ3) is 5.21. The van der Waals surface area contributed by atoms with Crippen LogP contribution >= 0.6 is 0 Å². The lowest BCUT2D eigenvalue weighted by Crippen LogP contribution is -2.30. The molecule has 0 aliphatic heterocycles. The Balaban J connectivity index is 1.62. The maximum atomic E-state index is 10.9. The SMILES string of the molecule is NCC(=O)NCCCCCCn1nnc(-c2cccnc2)n1. The summed E-state index contributed by atoms with van der Waals surface area (Å²) < 4.78 is 0. The molecule has 118 valence electrons. The zero-order valence-corrected chi connectivity index (χ0v) is 12.5. The largest absolute Gasteiger partial charge is 0.355 e. The lowest BCUT2D eigenvalue weighted by molar-refractivity contribution is -0.119. The van der Waals surface area contributed by atoms with E-state index in [-0.39, 0.29) is 12.5 Å². The van der Waals surface area contributed by atoms with E-state index >= 15 is 0 Å². The summed E-state index contributed by atoms with van der Waals surface area (Å²) in [5.74, 6) is 0.493. The summed E-state index contributed by atoms with van der Waals surface area (Å²) in [5, 5.41) is 15.1. The van der Waals surface area contributed by atoms with Crippen LogP contribution in [0.25, 0.3) is 11.4 Å². The van der Waals surface area contributed by atoms with Crippen molar-refractivity contribution in [3.8, 4) is 11.4 Å². The summed E-state index contributed by atoms with van der Waals surface area (Å²) in [6.07, 6.45) is 7.48. The molecule has 2 aromatic rings. The normalized spacial score (nSPS) is 10.6. The summed E-state index contributed by atoms with van der Waals surface area (Å²) in [5.41, 5.74) is 6.07. The van der Waals surface area contributed by atoms with E-state index < -0.39 is 0 Å². The second-order valence-electron chi connectivity index (χ2n) is 4.92. The molecule has 0 saturated carbocycles. The number of amides is 1. The molecule has 0 aromatic carbocycles. The van der Waals surface area contributed by atoms with E-state index in [2.05, 4.69) is 25.7 Å². The van der Waals surface area contributed by atoms with Crippen LogP contribution in [0.4, 0.5) is 0 Å². The van der Waals surface area contributed by atoms with Crippen LogP contribution < -0.4 is 11.1 Å². The highest BCUT2D eigenvalue weighted by Crippen LogP contribution is 2.10. The van der Waals surface area contributed by atoms with Gasteiger partial charge < -0.3 is 11.1 Å². The molecule has 1 amide bonds. The molecule has 0 atom stereocenters. The van der Waals surface area contributed by atoms with Crippen LogP contribution in [0.2, 0.25) is 0 Å². The molecule has 8 nitrogen and oxygen atoms in total. The summed E-state index contributed by atoms with van der Waals surface area (Å²) in [6, 6.07) is 3.75. The Kier molecular flexibility index (Phi) is 6.43. The minimum absolute atomic E-state index is 0.0528. The zero-order chi connectivity index (χ0) is 15.6. The van der Waals surface area contributed by atoms with E-state index in [1.54, 1.807) is 17.2 Å². The number of hydrogen-bond acceptors (Lipinski definition) is 6. The molecule has 0 spiro atoms. The molecule has 3 N–H and O–H groups in total. The van der Waals surface area contributed by atoms with Gasteiger partial charge in [0.1, 0.15) is 0 Å². The molecule has 0 bridgehead atoms. The minimum atomic E-state index is -0.102. The van der Waals surface area contributed by atoms with Gasteiger partial charge in [-0.25, -0.2) is 0 Å². The highest BCUT2D eigenvalue weighted by Gasteiger charge is 2.05. The fraction of sp³-hybridized carbons (Fsp3) is 0.500. The quantitative estimate of drug-likeness (QED) is 0.647. The molecular formula is C14H21N7O. The summed E-state index contributed by atoms with van der Waals surface area (Å²) in [4.78, 5) is 16.6. The summed E-state index contributed by atoms with van der Waals surface area (Å²) >= 11 is 0. The van der Waals surface area contributed by atoms with Crippen molar-refractivity contribution in [3.05, 3.63) is 24.5 Å². The van der Waals surface area contributed by atoms with Gasteiger partial charge in [-0.2, -0.15) is 4.80 Å². The van der Waals surface area contributed by atoms with Crippen molar-refractivity contribution in [2.75, 3.05) is 13.1 Å². The Hall–Kier alpha value is -2.35. The van der Waals surface area contributed by atoms with Crippen LogP contribution in [-0.2, 0) is 11.3 Å². The van der Waals surface area contributed by atoms with Gasteiger partial charge in [0.2, 0.25) is 11.7 Å². The molecule has 0 unspecified atom stereocenters. The number of nitrogens with one attached hydrogen (secondary N) is 1. The van der Waals surface area contributed by atoms with Crippen molar-refractivity contribution in [2.45, 2.75) is 32.2 Å². The number of pyridine rings is 1. The molecule has 0 fully saturated rings. The number of carbonyl (C=O) groups excluding carboxylic acids is 1. The van der Waals surface area contributed by atoms with Crippen LogP contribution in [0, 0.1) is 0 Å². The number of tetrazole rings is 1. The molecule has 22 heavy (non-hydrogen) atoms. The Morgan fingerprint density at radius 3 is 2.91 bits per heavy atom. The van der Waals surface area contributed by atoms with Crippen LogP contribution in [-0.4, -0.2) is 44.2 Å². The standard InChI is InChI=1S/C14H21N7O/c15-10-13(22)17-8-3-1-2-4-9-21-19-14(18-20-21)12-6-5-7-16-11-12/h5-7,11H,1-4,8-10,15H2,(H,17,22). The van der Waals surface area contributed by atoms with Crippen molar-refractivity contribution in [1.29, 1.82) is 0 Å². The number of unbranched alkanes of at least 4 members (excludes halogenated alkanes) is 3. The first-order valence-corrected chi connectivity index (χ1v) is 7.44. The number of hydrogen-bond donors (Lipinski definition) is 2. The first kappa shape index (κ1) is 16.0. The van der Waals surface area contributed by atoms with Crippen LogP contribution in [0.1, 0.15) is 25.7 Å². The van der Waals surface area contributed by atoms with Gasteiger partial charge in [-0.15, -0.1) is 10.2 Å². The highest BCUT2D eigenvalue weighted by atomic mass is 16.1. The van der Waals surface area contributed by atoms with Gasteiger partial charge in [0.05, 0.1) is 13.1 Å². The summed E-state index contributed by atoms with van der Waals surface area (Å²) in [6.45, 7) is 1.47. The van der Waals surface area contributed by atoms with E-state index in [0.717, 1.165) is 37.8 Å². The lowest BCUT2D eigenvalue weighted by Gasteiger charge is -2.03. The van der Waals surface area contributed by atoms with Crippen molar-refractivity contribution >= 4 is 5.91 Å². The number of aromatic nitrogens is 5. The van der Waals surface area contributed by atoms with E-state index in [1.807, 2.05) is 12.1 Å². The molecule has 0 aliphatic carbocycles. The molecular weight excluding hydrogens is 282 g/mol. The Labute approximate surface area is 129 Å². The maximum Gasteiger partial charge on any atom is 0.233 e. The van der Waals surface area contributed by atoms with Crippen LogP contribution in [0.3, 0.4) is 0 Å². The van der Waals surface area contributed by atoms with Gasteiger partial charge in [-0.3, -0.25) is 9.78 Å². The third-order valence-electron chi connectivity index (χ3n) is 3.17. The number of aryl methyl sites for hydroxylation is 1. The van der Waals surface area contributed by atoms with Crippen LogP contribution in [0.5, 0.6) is 0 Å². The molecule has 2 heterocycles. The zero-order valence-electron chi connectivity index (χ0n) is 12.5. The fourth-order valence-corrected chi connectivity index (χ4v) is 1.98. The van der Waals surface area contributed by atoms with Gasteiger partial charge in [0.25, 0.3) is 0 Å². The molecule has 0 aliphatic rings. The molecule has 8 heteroatoms. The summed E-state index contributed by atoms with van der Waals surface area (Å²) in [7, 11) is 0. The Bertz CT molecular complexity index is 570. The predicted octanol–water partition coefficient (Wildman–Crippen LogP) is 0.370. The minimum Gasteiger partial charge on any atom is -0.355 e. The van der Waals surface area contributed by atoms with E-state index in [0.29, 0.717) is 12.4 Å². The van der Waals surface area contributed by atoms with Gasteiger partial charge in [0, 0.05) is 24.5 Å². The van der Waals surface area contributed by atoms with E-state index in [1.165, 1.54) is 0 Å². The van der Waals surface area contributed by atoms with E-state index in [9.17, 15) is 4.79 Å². The van der Waals surface area contributed by atoms with Gasteiger partial charge in [0.15, 0.2) is 0 Å². The number of nitrogens with two attached hydrogens (primary N) is 1. The lowest BCUT2D eigenvalue weighted by atomic mass is 10.2. The highest BCUT2D eigenvalue weighted by molar-refractivity contribution is 5.77. The van der Waals surface area contributed by atoms with Gasteiger partial charge in [-0.05, 0) is 30.2 Å². The van der Waals surface area contributed by atoms with Gasteiger partial charge >= 0.3 is 0 Å². The number of nitrogens with zero attached hydrogens (tertiary/aromatic N) is 5. The maximum absolute atomic E-state index is 10.9. The van der Waals surface area contributed by atoms with Crippen molar-refractivity contribution in [1.82, 2.24) is 30.5 Å². The van der Waals surface area contributed by atoms with Crippen molar-refractivity contribution in [3.63, 3.8) is 0 Å². The first-order valence-electron chi connectivity index (χ1n) is 7.44. The van der Waals surface area contributed by atoms with Crippen molar-refractivity contribution < 1.29 is 4.79 Å². The number of carbonyl (C=O) groups is 1. The van der Waals surface area contributed by atoms with Crippen molar-refractivity contribution in [2.24, 2.45) is 5.73 Å². The Morgan fingerprint density at radius 2 is 2.14 bits per heavy atom. The smallest absolute Gasteiger partial charge is 0.233 e. The third-order valence-corrected chi connectivity index (χ3v) is 3.17. The second kappa shape index (κ2) is 8.83. The van der Waals surface area contributed by atoms with Gasteiger partial charge in [-0.1, -0.05) is 12.8 Å². The average Bonchev–Trinajstić information content (AvgIpc) is 3.03. The molecule has 0 radical (unpaired) electrons. The Morgan fingerprint density at radius 1 is 1.27 bits per heavy atom. The molecule has 2 aromatic heterocycles. The second-order valence-corrected chi connectivity index (χ2v) is 4.92. The van der Waals surface area contributed by atoms with Crippen LogP contribution in [0.15, 0.2) is 24.5 Å².